The van der Waals surface area contributed by atoms with Crippen LogP contribution in [0.25, 0.3) is 0 Å². The molecular formula is C16H17NO. The van der Waals surface area contributed by atoms with Crippen LogP contribution in [0.4, 0.5) is 0 Å². The largest absolute Gasteiger partial charge is 0.393 e. The second-order valence-electron chi connectivity index (χ2n) is 5.05. The molecule has 0 bridgehead atoms. The molecule has 0 saturated carbocycles. The van der Waals surface area contributed by atoms with Gasteiger partial charge in [-0.05, 0) is 54.0 Å². The lowest BCUT2D eigenvalue weighted by molar-refractivity contribution is 0.151. The number of hydrogen-bond acceptors (Lipinski definition) is 2. The van der Waals surface area contributed by atoms with E-state index in [0.717, 1.165) is 24.8 Å². The van der Waals surface area contributed by atoms with Crippen LogP contribution in [0, 0.1) is 0 Å². The molecule has 0 saturated heterocycles. The van der Waals surface area contributed by atoms with E-state index in [2.05, 4.69) is 29.2 Å². The fraction of sp³-hybridized carbons (Fsp3) is 0.312. The lowest BCUT2D eigenvalue weighted by atomic mass is 9.74. The molecule has 0 spiro atoms. The van der Waals surface area contributed by atoms with Crippen LogP contribution in [0.3, 0.4) is 0 Å². The zero-order valence-electron chi connectivity index (χ0n) is 10.3. The van der Waals surface area contributed by atoms with Crippen LogP contribution in [0.5, 0.6) is 0 Å². The number of aromatic nitrogens is 1. The van der Waals surface area contributed by atoms with Gasteiger partial charge in [-0.2, -0.15) is 0 Å². The Morgan fingerprint density at radius 2 is 1.94 bits per heavy atom. The molecule has 0 aliphatic heterocycles. The third-order valence-electron chi connectivity index (χ3n) is 3.74. The summed E-state index contributed by atoms with van der Waals surface area (Å²) in [6.45, 7) is 0. The summed E-state index contributed by atoms with van der Waals surface area (Å²) in [6.07, 6.45) is 6.00. The molecule has 2 nitrogen and oxygen atoms in total. The molecule has 1 aliphatic rings. The highest BCUT2D eigenvalue weighted by Gasteiger charge is 2.27. The van der Waals surface area contributed by atoms with Gasteiger partial charge in [0.05, 0.1) is 6.10 Å². The number of benzene rings is 1. The number of hydrogen-bond donors (Lipinski definition) is 1. The van der Waals surface area contributed by atoms with Crippen molar-refractivity contribution < 1.29 is 5.11 Å². The number of rotatable bonds is 4. The van der Waals surface area contributed by atoms with E-state index >= 15 is 0 Å². The number of aliphatic hydroxyl groups is 1. The van der Waals surface area contributed by atoms with Gasteiger partial charge in [0, 0.05) is 12.4 Å². The minimum atomic E-state index is -0.259. The monoisotopic (exact) mass is 239 g/mol. The molecule has 2 unspecified atom stereocenters. The minimum Gasteiger partial charge on any atom is -0.393 e. The van der Waals surface area contributed by atoms with Crippen molar-refractivity contribution in [2.75, 3.05) is 0 Å². The van der Waals surface area contributed by atoms with Crippen LogP contribution in [0.1, 0.15) is 29.0 Å². The molecule has 1 aliphatic carbocycles. The minimum absolute atomic E-state index is 0.259. The SMILES string of the molecule is OC(Cc1ccncc1)CC1Cc2ccccc21. The smallest absolute Gasteiger partial charge is 0.0586 e. The van der Waals surface area contributed by atoms with E-state index in [0.29, 0.717) is 5.92 Å². The Morgan fingerprint density at radius 1 is 1.17 bits per heavy atom. The Kier molecular flexibility index (Phi) is 3.11. The summed E-state index contributed by atoms with van der Waals surface area (Å²) >= 11 is 0. The van der Waals surface area contributed by atoms with Gasteiger partial charge in [-0.25, -0.2) is 0 Å². The zero-order valence-corrected chi connectivity index (χ0v) is 10.3. The van der Waals surface area contributed by atoms with E-state index in [4.69, 9.17) is 0 Å². The van der Waals surface area contributed by atoms with E-state index in [-0.39, 0.29) is 6.10 Å². The highest BCUT2D eigenvalue weighted by Crippen LogP contribution is 2.38. The molecular weight excluding hydrogens is 222 g/mol. The van der Waals surface area contributed by atoms with Gasteiger partial charge >= 0.3 is 0 Å². The summed E-state index contributed by atoms with van der Waals surface area (Å²) in [5.41, 5.74) is 4.02. The van der Waals surface area contributed by atoms with Crippen LogP contribution < -0.4 is 0 Å². The first kappa shape index (κ1) is 11.4. The predicted octanol–water partition coefficient (Wildman–Crippen LogP) is 2.72. The summed E-state index contributed by atoms with van der Waals surface area (Å²) in [6, 6.07) is 12.5. The van der Waals surface area contributed by atoms with Crippen molar-refractivity contribution in [3.8, 4) is 0 Å². The first-order chi connectivity index (χ1) is 8.83. The van der Waals surface area contributed by atoms with Gasteiger partial charge in [-0.1, -0.05) is 24.3 Å². The molecule has 92 valence electrons. The van der Waals surface area contributed by atoms with Crippen molar-refractivity contribution in [3.63, 3.8) is 0 Å². The van der Waals surface area contributed by atoms with E-state index in [9.17, 15) is 5.11 Å². The lowest BCUT2D eigenvalue weighted by Crippen LogP contribution is -2.23. The van der Waals surface area contributed by atoms with Crippen molar-refractivity contribution in [1.82, 2.24) is 4.98 Å². The van der Waals surface area contributed by atoms with Crippen molar-refractivity contribution in [3.05, 3.63) is 65.5 Å². The molecule has 0 amide bonds. The van der Waals surface area contributed by atoms with Crippen molar-refractivity contribution >= 4 is 0 Å². The molecule has 1 heterocycles. The lowest BCUT2D eigenvalue weighted by Gasteiger charge is -2.31. The third-order valence-corrected chi connectivity index (χ3v) is 3.74. The maximum absolute atomic E-state index is 10.1. The molecule has 2 aromatic rings. The number of pyridine rings is 1. The van der Waals surface area contributed by atoms with E-state index in [1.807, 2.05) is 12.1 Å². The van der Waals surface area contributed by atoms with Gasteiger partial charge in [0.15, 0.2) is 0 Å². The summed E-state index contributed by atoms with van der Waals surface area (Å²) < 4.78 is 0. The quantitative estimate of drug-likeness (QED) is 0.890. The summed E-state index contributed by atoms with van der Waals surface area (Å²) in [5, 5.41) is 10.1. The molecule has 2 heteroatoms. The third kappa shape index (κ3) is 2.29. The standard InChI is InChI=1S/C16H17NO/c18-15(9-12-5-7-17-8-6-12)11-14-10-13-3-1-2-4-16(13)14/h1-8,14-15,18H,9-11H2. The molecule has 0 fully saturated rings. The Morgan fingerprint density at radius 3 is 2.72 bits per heavy atom. The predicted molar refractivity (Wildman–Crippen MR) is 71.5 cm³/mol. The molecule has 3 rings (SSSR count). The number of fused-ring (bicyclic) bond motifs is 1. The van der Waals surface area contributed by atoms with Crippen molar-refractivity contribution in [1.29, 1.82) is 0 Å². The van der Waals surface area contributed by atoms with Crippen LogP contribution in [0.15, 0.2) is 48.8 Å². The second-order valence-corrected chi connectivity index (χ2v) is 5.05. The van der Waals surface area contributed by atoms with E-state index in [1.165, 1.54) is 11.1 Å². The molecule has 1 aromatic carbocycles. The fourth-order valence-electron chi connectivity index (χ4n) is 2.78. The first-order valence-corrected chi connectivity index (χ1v) is 6.47. The van der Waals surface area contributed by atoms with Crippen LogP contribution in [-0.2, 0) is 12.8 Å². The van der Waals surface area contributed by atoms with Crippen LogP contribution >= 0.6 is 0 Å². The molecule has 0 radical (unpaired) electrons. The van der Waals surface area contributed by atoms with Gasteiger partial charge in [0.25, 0.3) is 0 Å². The average molecular weight is 239 g/mol. The first-order valence-electron chi connectivity index (χ1n) is 6.47. The highest BCUT2D eigenvalue weighted by molar-refractivity contribution is 5.39. The zero-order chi connectivity index (χ0) is 12.4. The Bertz CT molecular complexity index is 524. The van der Waals surface area contributed by atoms with Gasteiger partial charge in [0.2, 0.25) is 0 Å². The number of nitrogens with zero attached hydrogens (tertiary/aromatic N) is 1. The molecule has 18 heavy (non-hydrogen) atoms. The van der Waals surface area contributed by atoms with Crippen LogP contribution in [0.2, 0.25) is 0 Å². The molecule has 2 atom stereocenters. The number of aliphatic hydroxyl groups excluding tert-OH is 1. The van der Waals surface area contributed by atoms with Gasteiger partial charge in [-0.3, -0.25) is 4.98 Å². The summed E-state index contributed by atoms with van der Waals surface area (Å²) in [5.74, 6) is 0.540. The van der Waals surface area contributed by atoms with Gasteiger partial charge in [0.1, 0.15) is 0 Å². The van der Waals surface area contributed by atoms with Crippen molar-refractivity contribution in [2.24, 2.45) is 0 Å². The van der Waals surface area contributed by atoms with Gasteiger partial charge in [-0.15, -0.1) is 0 Å². The second kappa shape index (κ2) is 4.91. The van der Waals surface area contributed by atoms with E-state index < -0.39 is 0 Å². The van der Waals surface area contributed by atoms with Crippen LogP contribution in [-0.4, -0.2) is 16.2 Å². The summed E-state index contributed by atoms with van der Waals surface area (Å²) in [7, 11) is 0. The molecule has 1 aromatic heterocycles. The van der Waals surface area contributed by atoms with Crippen molar-refractivity contribution in [2.45, 2.75) is 31.3 Å². The molecule has 1 N–H and O–H groups in total. The highest BCUT2D eigenvalue weighted by atomic mass is 16.3. The van der Waals surface area contributed by atoms with Gasteiger partial charge < -0.3 is 5.11 Å². The Labute approximate surface area is 107 Å². The topological polar surface area (TPSA) is 33.1 Å². The fourth-order valence-corrected chi connectivity index (χ4v) is 2.78. The Hall–Kier alpha value is -1.67. The Balaban J connectivity index is 1.59. The van der Waals surface area contributed by atoms with E-state index in [1.54, 1.807) is 12.4 Å². The normalized spacial score (nSPS) is 18.8. The maximum Gasteiger partial charge on any atom is 0.0586 e. The maximum atomic E-state index is 10.1. The average Bonchev–Trinajstić information content (AvgIpc) is 2.37. The summed E-state index contributed by atoms with van der Waals surface area (Å²) in [4.78, 5) is 3.99.